The van der Waals surface area contributed by atoms with Crippen LogP contribution in [0.1, 0.15) is 36.9 Å². The van der Waals surface area contributed by atoms with Crippen LogP contribution in [0, 0.1) is 0 Å². The Morgan fingerprint density at radius 2 is 2.24 bits per heavy atom. The third-order valence-electron chi connectivity index (χ3n) is 4.29. The van der Waals surface area contributed by atoms with Crippen LogP contribution in [-0.2, 0) is 17.6 Å². The van der Waals surface area contributed by atoms with Gasteiger partial charge in [-0.05, 0) is 44.6 Å². The van der Waals surface area contributed by atoms with Crippen LogP contribution in [0.2, 0.25) is 0 Å². The third kappa shape index (κ3) is 3.35. The van der Waals surface area contributed by atoms with Gasteiger partial charge < -0.3 is 14.7 Å². The van der Waals surface area contributed by atoms with Crippen molar-refractivity contribution in [3.8, 4) is 5.75 Å². The molecule has 1 aliphatic carbocycles. The molecule has 1 saturated heterocycles. The molecular formula is C16H22N2O3. The third-order valence-corrected chi connectivity index (χ3v) is 4.29. The second kappa shape index (κ2) is 6.43. The summed E-state index contributed by atoms with van der Waals surface area (Å²) in [5.74, 6) is 0.751. The number of aliphatic hydroxyl groups excluding tert-OH is 1. The highest BCUT2D eigenvalue weighted by Gasteiger charge is 2.23. The first kappa shape index (κ1) is 14.3. The van der Waals surface area contributed by atoms with E-state index in [4.69, 9.17) is 4.74 Å². The van der Waals surface area contributed by atoms with Crippen LogP contribution in [0.4, 0.5) is 0 Å². The predicted octanol–water partition coefficient (Wildman–Crippen LogP) is 1.32. The largest absolute Gasteiger partial charge is 0.483 e. The van der Waals surface area contributed by atoms with Gasteiger partial charge in [-0.1, -0.05) is 0 Å². The number of pyridine rings is 1. The highest BCUT2D eigenvalue weighted by Crippen LogP contribution is 2.27. The van der Waals surface area contributed by atoms with E-state index in [-0.39, 0.29) is 12.5 Å². The number of likely N-dealkylation sites (tertiary alicyclic amines) is 1. The van der Waals surface area contributed by atoms with Crippen molar-refractivity contribution in [2.75, 3.05) is 19.7 Å². The average Bonchev–Trinajstić information content (AvgIpc) is 2.52. The number of rotatable bonds is 3. The van der Waals surface area contributed by atoms with Gasteiger partial charge in [-0.15, -0.1) is 0 Å². The average molecular weight is 290 g/mol. The van der Waals surface area contributed by atoms with Crippen LogP contribution in [0.5, 0.6) is 5.75 Å². The molecule has 1 amide bonds. The number of aromatic nitrogens is 1. The molecule has 2 heterocycles. The number of aryl methyl sites for hydroxylation is 1. The first-order valence-electron chi connectivity index (χ1n) is 7.79. The number of nitrogens with zero attached hydrogens (tertiary/aromatic N) is 2. The Balaban J connectivity index is 1.61. The normalized spacial score (nSPS) is 21.8. The molecule has 1 N–H and O–H groups in total. The van der Waals surface area contributed by atoms with Crippen LogP contribution in [-0.4, -0.2) is 46.7 Å². The molecule has 1 aliphatic heterocycles. The molecule has 0 aromatic carbocycles. The highest BCUT2D eigenvalue weighted by molar-refractivity contribution is 5.78. The zero-order valence-electron chi connectivity index (χ0n) is 12.3. The SMILES string of the molecule is O=C(COc1ccnc2c1CCCC2)N1CCCC(O)C1. The fraction of sp³-hybridized carbons (Fsp3) is 0.625. The van der Waals surface area contributed by atoms with E-state index in [1.807, 2.05) is 6.07 Å². The number of hydrogen-bond donors (Lipinski definition) is 1. The lowest BCUT2D eigenvalue weighted by atomic mass is 9.95. The van der Waals surface area contributed by atoms with E-state index in [2.05, 4.69) is 4.98 Å². The number of carbonyl (C=O) groups excluding carboxylic acids is 1. The molecule has 1 aromatic heterocycles. The van der Waals surface area contributed by atoms with Gasteiger partial charge >= 0.3 is 0 Å². The zero-order valence-corrected chi connectivity index (χ0v) is 12.3. The van der Waals surface area contributed by atoms with Gasteiger partial charge in [-0.25, -0.2) is 0 Å². The second-order valence-corrected chi connectivity index (χ2v) is 5.87. The van der Waals surface area contributed by atoms with Crippen LogP contribution >= 0.6 is 0 Å². The van der Waals surface area contributed by atoms with Crippen LogP contribution < -0.4 is 4.74 Å². The van der Waals surface area contributed by atoms with Crippen molar-refractivity contribution in [1.82, 2.24) is 9.88 Å². The first-order valence-corrected chi connectivity index (χ1v) is 7.79. The summed E-state index contributed by atoms with van der Waals surface area (Å²) in [5.41, 5.74) is 2.27. The van der Waals surface area contributed by atoms with Gasteiger partial charge in [0.25, 0.3) is 5.91 Å². The molecule has 3 rings (SSSR count). The van der Waals surface area contributed by atoms with E-state index >= 15 is 0 Å². The Hall–Kier alpha value is -1.62. The quantitative estimate of drug-likeness (QED) is 0.912. The Morgan fingerprint density at radius 1 is 1.38 bits per heavy atom. The Labute approximate surface area is 124 Å². The second-order valence-electron chi connectivity index (χ2n) is 5.87. The molecule has 1 atom stereocenters. The van der Waals surface area contributed by atoms with Gasteiger partial charge in [0, 0.05) is 30.5 Å². The number of amides is 1. The minimum Gasteiger partial charge on any atom is -0.483 e. The first-order chi connectivity index (χ1) is 10.2. The summed E-state index contributed by atoms with van der Waals surface area (Å²) in [4.78, 5) is 18.3. The number of fused-ring (bicyclic) bond motifs is 1. The van der Waals surface area contributed by atoms with Gasteiger partial charge in [0.2, 0.25) is 0 Å². The topological polar surface area (TPSA) is 62.7 Å². The zero-order chi connectivity index (χ0) is 14.7. The van der Waals surface area contributed by atoms with E-state index in [9.17, 15) is 9.90 Å². The lowest BCUT2D eigenvalue weighted by Gasteiger charge is -2.30. The number of carbonyl (C=O) groups is 1. The number of piperidine rings is 1. The summed E-state index contributed by atoms with van der Waals surface area (Å²) in [7, 11) is 0. The number of β-amino-alcohol motifs (C(OH)–C–C–N with tert-alkyl or cyclic N) is 1. The van der Waals surface area contributed by atoms with E-state index in [0.29, 0.717) is 13.1 Å². The minimum atomic E-state index is -0.392. The van der Waals surface area contributed by atoms with E-state index in [0.717, 1.165) is 49.1 Å². The lowest BCUT2D eigenvalue weighted by Crippen LogP contribution is -2.44. The maximum absolute atomic E-state index is 12.2. The fourth-order valence-corrected chi connectivity index (χ4v) is 3.14. The molecule has 1 unspecified atom stereocenters. The molecule has 114 valence electrons. The van der Waals surface area contributed by atoms with E-state index in [1.165, 1.54) is 6.42 Å². The summed E-state index contributed by atoms with van der Waals surface area (Å²) in [5, 5.41) is 9.63. The van der Waals surface area contributed by atoms with Crippen molar-refractivity contribution in [3.05, 3.63) is 23.5 Å². The standard InChI is InChI=1S/C16H22N2O3/c19-12-4-3-9-18(10-12)16(20)11-21-15-7-8-17-14-6-2-1-5-13(14)15/h7-8,12,19H,1-6,9-11H2. The van der Waals surface area contributed by atoms with Crippen molar-refractivity contribution >= 4 is 5.91 Å². The molecule has 5 nitrogen and oxygen atoms in total. The van der Waals surface area contributed by atoms with Crippen LogP contribution in [0.15, 0.2) is 12.3 Å². The predicted molar refractivity (Wildman–Crippen MR) is 78.2 cm³/mol. The molecule has 21 heavy (non-hydrogen) atoms. The molecule has 1 aromatic rings. The maximum Gasteiger partial charge on any atom is 0.260 e. The van der Waals surface area contributed by atoms with E-state index in [1.54, 1.807) is 11.1 Å². The number of aliphatic hydroxyl groups is 1. The van der Waals surface area contributed by atoms with Crippen molar-refractivity contribution in [3.63, 3.8) is 0 Å². The van der Waals surface area contributed by atoms with Crippen molar-refractivity contribution in [1.29, 1.82) is 0 Å². The smallest absolute Gasteiger partial charge is 0.260 e. The minimum absolute atomic E-state index is 0.0448. The van der Waals surface area contributed by atoms with Gasteiger partial charge in [0.05, 0.1) is 6.10 Å². The fourth-order valence-electron chi connectivity index (χ4n) is 3.14. The van der Waals surface area contributed by atoms with Crippen LogP contribution in [0.3, 0.4) is 0 Å². The van der Waals surface area contributed by atoms with E-state index < -0.39 is 6.10 Å². The molecule has 5 heteroatoms. The van der Waals surface area contributed by atoms with Gasteiger partial charge in [0.1, 0.15) is 5.75 Å². The Morgan fingerprint density at radius 3 is 3.10 bits per heavy atom. The summed E-state index contributed by atoms with van der Waals surface area (Å²) >= 11 is 0. The molecular weight excluding hydrogens is 268 g/mol. The molecule has 0 spiro atoms. The monoisotopic (exact) mass is 290 g/mol. The molecule has 0 saturated carbocycles. The summed E-state index contributed by atoms with van der Waals surface area (Å²) in [6, 6.07) is 1.85. The highest BCUT2D eigenvalue weighted by atomic mass is 16.5. The summed E-state index contributed by atoms with van der Waals surface area (Å²) in [6.45, 7) is 1.19. The molecule has 2 aliphatic rings. The number of ether oxygens (including phenoxy) is 1. The maximum atomic E-state index is 12.2. The van der Waals surface area contributed by atoms with Gasteiger partial charge in [0.15, 0.2) is 6.61 Å². The lowest BCUT2D eigenvalue weighted by molar-refractivity contribution is -0.136. The molecule has 1 fully saturated rings. The Bertz CT molecular complexity index is 518. The van der Waals surface area contributed by atoms with Crippen molar-refractivity contribution in [2.45, 2.75) is 44.6 Å². The number of hydrogen-bond acceptors (Lipinski definition) is 4. The molecule has 0 radical (unpaired) electrons. The summed E-state index contributed by atoms with van der Waals surface area (Å²) in [6.07, 6.45) is 7.31. The van der Waals surface area contributed by atoms with Crippen molar-refractivity contribution < 1.29 is 14.6 Å². The molecule has 0 bridgehead atoms. The van der Waals surface area contributed by atoms with Crippen molar-refractivity contribution in [2.24, 2.45) is 0 Å². The Kier molecular flexibility index (Phi) is 4.39. The van der Waals surface area contributed by atoms with Gasteiger partial charge in [-0.3, -0.25) is 9.78 Å². The van der Waals surface area contributed by atoms with Gasteiger partial charge in [-0.2, -0.15) is 0 Å². The summed E-state index contributed by atoms with van der Waals surface area (Å²) < 4.78 is 5.74. The van der Waals surface area contributed by atoms with Crippen LogP contribution in [0.25, 0.3) is 0 Å².